The molecule has 152 valence electrons. The Labute approximate surface area is 179 Å². The molecule has 4 aromatic heterocycles. The zero-order valence-electron chi connectivity index (χ0n) is 15.9. The molecule has 1 unspecified atom stereocenters. The normalized spacial score (nSPS) is 12.0. The van der Waals surface area contributed by atoms with Crippen LogP contribution in [0, 0.1) is 6.92 Å². The van der Waals surface area contributed by atoms with Gasteiger partial charge in [-0.25, -0.2) is 14.8 Å². The van der Waals surface area contributed by atoms with Crippen molar-refractivity contribution in [3.8, 4) is 10.6 Å². The Hall–Kier alpha value is -3.30. The molecule has 1 amide bonds. The van der Waals surface area contributed by atoms with Gasteiger partial charge in [0.05, 0.1) is 32.2 Å². The molecule has 1 atom stereocenters. The maximum atomic E-state index is 12.9. The predicted octanol–water partition coefficient (Wildman–Crippen LogP) is 4.49. The Morgan fingerprint density at radius 1 is 1.30 bits per heavy atom. The highest BCUT2D eigenvalue weighted by atomic mass is 35.5. The molecule has 4 aromatic rings. The van der Waals surface area contributed by atoms with Crippen LogP contribution in [0.25, 0.3) is 21.7 Å². The van der Waals surface area contributed by atoms with Gasteiger partial charge < -0.3 is 14.6 Å². The first kappa shape index (κ1) is 20.0. The van der Waals surface area contributed by atoms with Gasteiger partial charge in [-0.2, -0.15) is 0 Å². The van der Waals surface area contributed by atoms with Crippen molar-refractivity contribution in [2.24, 2.45) is 0 Å². The topological polar surface area (TPSA) is 107 Å². The van der Waals surface area contributed by atoms with Crippen molar-refractivity contribution in [1.82, 2.24) is 15.1 Å². The molecule has 0 saturated heterocycles. The van der Waals surface area contributed by atoms with E-state index in [4.69, 9.17) is 20.9 Å². The zero-order chi connectivity index (χ0) is 21.3. The van der Waals surface area contributed by atoms with Crippen molar-refractivity contribution >= 4 is 51.7 Å². The summed E-state index contributed by atoms with van der Waals surface area (Å²) in [6.45, 7) is 3.18. The van der Waals surface area contributed by atoms with Gasteiger partial charge in [-0.3, -0.25) is 4.79 Å². The van der Waals surface area contributed by atoms with E-state index in [1.165, 1.54) is 24.5 Å². The number of amides is 1. The van der Waals surface area contributed by atoms with Crippen molar-refractivity contribution in [1.29, 1.82) is 0 Å². The number of hydrogen-bond acceptors (Lipinski definition) is 8. The van der Waals surface area contributed by atoms with E-state index in [2.05, 4.69) is 20.4 Å². The Bertz CT molecular complexity index is 1220. The van der Waals surface area contributed by atoms with Gasteiger partial charge in [-0.05, 0) is 43.5 Å². The minimum Gasteiger partial charge on any atom is -0.449 e. The fourth-order valence-electron chi connectivity index (χ4n) is 2.76. The third kappa shape index (κ3) is 4.03. The minimum atomic E-state index is -1.07. The van der Waals surface area contributed by atoms with Crippen LogP contribution >= 0.6 is 22.9 Å². The fraction of sp³-hybridized carbons (Fsp3) is 0.150. The summed E-state index contributed by atoms with van der Waals surface area (Å²) in [6.07, 6.45) is 0.339. The van der Waals surface area contributed by atoms with Gasteiger partial charge in [0.15, 0.2) is 6.10 Å². The van der Waals surface area contributed by atoms with Crippen LogP contribution in [-0.4, -0.2) is 33.1 Å². The molecular formula is C20H15ClN4O4S. The molecule has 0 spiro atoms. The lowest BCUT2D eigenvalue weighted by Crippen LogP contribution is -2.30. The maximum Gasteiger partial charge on any atom is 0.339 e. The van der Waals surface area contributed by atoms with E-state index in [1.54, 1.807) is 25.1 Å². The molecule has 4 rings (SSSR count). The maximum absolute atomic E-state index is 12.9. The first-order valence-corrected chi connectivity index (χ1v) is 10.1. The van der Waals surface area contributed by atoms with Crippen molar-refractivity contribution in [2.45, 2.75) is 20.0 Å². The largest absolute Gasteiger partial charge is 0.449 e. The Morgan fingerprint density at radius 3 is 2.83 bits per heavy atom. The summed E-state index contributed by atoms with van der Waals surface area (Å²) in [5.74, 6) is -0.907. The molecule has 0 aliphatic rings. The molecule has 0 saturated carbocycles. The minimum absolute atomic E-state index is 0.228. The zero-order valence-corrected chi connectivity index (χ0v) is 17.5. The molecule has 1 N–H and O–H groups in total. The summed E-state index contributed by atoms with van der Waals surface area (Å²) >= 11 is 7.26. The van der Waals surface area contributed by atoms with Crippen LogP contribution in [0.1, 0.15) is 23.0 Å². The fourth-order valence-corrected chi connectivity index (χ4v) is 3.56. The van der Waals surface area contributed by atoms with Crippen LogP contribution in [-0.2, 0) is 9.53 Å². The molecule has 30 heavy (non-hydrogen) atoms. The first-order chi connectivity index (χ1) is 14.4. The summed E-state index contributed by atoms with van der Waals surface area (Å²) < 4.78 is 10.7. The summed E-state index contributed by atoms with van der Waals surface area (Å²) in [5.41, 5.74) is 1.52. The number of carbonyl (C=O) groups excluding carboxylic acids is 2. The number of nitrogens with zero attached hydrogens (tertiary/aromatic N) is 3. The predicted molar refractivity (Wildman–Crippen MR) is 113 cm³/mol. The van der Waals surface area contributed by atoms with E-state index in [0.29, 0.717) is 27.6 Å². The van der Waals surface area contributed by atoms with E-state index in [1.807, 2.05) is 17.5 Å². The standard InChI is InChI=1S/C20H15ClN4O4S/c1-10-17-13(8-14(15-4-3-7-30-15)23-19(17)29-25-10)20(27)28-11(2)18(26)24-16-6-5-12(21)9-22-16/h3-9,11H,1-2H3,(H,22,24,26). The lowest BCUT2D eigenvalue weighted by atomic mass is 10.1. The van der Waals surface area contributed by atoms with Crippen LogP contribution in [0.5, 0.6) is 0 Å². The average molecular weight is 443 g/mol. The first-order valence-electron chi connectivity index (χ1n) is 8.86. The van der Waals surface area contributed by atoms with Gasteiger partial charge in [-0.1, -0.05) is 22.8 Å². The summed E-state index contributed by atoms with van der Waals surface area (Å²) in [5, 5.41) is 9.27. The molecule has 0 aromatic carbocycles. The second kappa shape index (κ2) is 8.21. The number of halogens is 1. The number of nitrogens with one attached hydrogen (secondary N) is 1. The number of rotatable bonds is 5. The average Bonchev–Trinajstić information content (AvgIpc) is 3.39. The smallest absolute Gasteiger partial charge is 0.339 e. The second-order valence-corrected chi connectivity index (χ2v) is 7.76. The number of aryl methyl sites for hydroxylation is 1. The van der Waals surface area contributed by atoms with Crippen LogP contribution in [0.15, 0.2) is 46.4 Å². The molecule has 0 fully saturated rings. The number of esters is 1. The monoisotopic (exact) mass is 442 g/mol. The van der Waals surface area contributed by atoms with Crippen molar-refractivity contribution in [3.63, 3.8) is 0 Å². The van der Waals surface area contributed by atoms with Crippen LogP contribution in [0.3, 0.4) is 0 Å². The number of carbonyl (C=O) groups is 2. The Balaban J connectivity index is 1.58. The second-order valence-electron chi connectivity index (χ2n) is 6.38. The Kier molecular flexibility index (Phi) is 5.47. The third-order valence-corrected chi connectivity index (χ3v) is 5.36. The van der Waals surface area contributed by atoms with Gasteiger partial charge in [0, 0.05) is 6.20 Å². The molecular weight excluding hydrogens is 428 g/mol. The molecule has 10 heteroatoms. The van der Waals surface area contributed by atoms with Crippen molar-refractivity contribution in [3.05, 3.63) is 58.2 Å². The van der Waals surface area contributed by atoms with E-state index < -0.39 is 18.0 Å². The summed E-state index contributed by atoms with van der Waals surface area (Å²) in [4.78, 5) is 34.6. The van der Waals surface area contributed by atoms with Gasteiger partial charge in [-0.15, -0.1) is 11.3 Å². The molecule has 8 nitrogen and oxygen atoms in total. The third-order valence-electron chi connectivity index (χ3n) is 4.24. The lowest BCUT2D eigenvalue weighted by Gasteiger charge is -2.14. The van der Waals surface area contributed by atoms with E-state index in [-0.39, 0.29) is 11.3 Å². The van der Waals surface area contributed by atoms with Crippen molar-refractivity contribution in [2.75, 3.05) is 5.32 Å². The quantitative estimate of drug-likeness (QED) is 0.453. The molecule has 0 aliphatic heterocycles. The van der Waals surface area contributed by atoms with Crippen LogP contribution in [0.4, 0.5) is 5.82 Å². The van der Waals surface area contributed by atoms with E-state index in [9.17, 15) is 9.59 Å². The molecule has 0 bridgehead atoms. The number of pyridine rings is 2. The highest BCUT2D eigenvalue weighted by Crippen LogP contribution is 2.30. The number of aromatic nitrogens is 3. The van der Waals surface area contributed by atoms with Crippen molar-refractivity contribution < 1.29 is 18.8 Å². The van der Waals surface area contributed by atoms with Gasteiger partial charge >= 0.3 is 5.97 Å². The van der Waals surface area contributed by atoms with Crippen LogP contribution in [0.2, 0.25) is 5.02 Å². The van der Waals surface area contributed by atoms with Gasteiger partial charge in [0.25, 0.3) is 11.6 Å². The molecule has 4 heterocycles. The van der Waals surface area contributed by atoms with Gasteiger partial charge in [0.2, 0.25) is 0 Å². The highest BCUT2D eigenvalue weighted by molar-refractivity contribution is 7.13. The lowest BCUT2D eigenvalue weighted by molar-refractivity contribution is -0.123. The van der Waals surface area contributed by atoms with E-state index in [0.717, 1.165) is 4.88 Å². The number of thiophene rings is 1. The highest BCUT2D eigenvalue weighted by Gasteiger charge is 2.24. The number of hydrogen-bond donors (Lipinski definition) is 1. The van der Waals surface area contributed by atoms with E-state index >= 15 is 0 Å². The SMILES string of the molecule is Cc1noc2nc(-c3cccs3)cc(C(=O)OC(C)C(=O)Nc3ccc(Cl)cn3)c12. The Morgan fingerprint density at radius 2 is 2.13 bits per heavy atom. The summed E-state index contributed by atoms with van der Waals surface area (Å²) in [7, 11) is 0. The van der Waals surface area contributed by atoms with Crippen LogP contribution < -0.4 is 5.32 Å². The van der Waals surface area contributed by atoms with Gasteiger partial charge in [0.1, 0.15) is 5.82 Å². The number of anilines is 1. The summed E-state index contributed by atoms with van der Waals surface area (Å²) in [6, 6.07) is 8.52. The molecule has 0 aliphatic carbocycles. The number of fused-ring (bicyclic) bond motifs is 1. The number of ether oxygens (including phenoxy) is 1. The molecule has 0 radical (unpaired) electrons.